The summed E-state index contributed by atoms with van der Waals surface area (Å²) >= 11 is 14.1. The molecule has 5 heteroatoms. The second-order valence-electron chi connectivity index (χ2n) is 4.99. The molecule has 0 bridgehead atoms. The van der Waals surface area contributed by atoms with Crippen LogP contribution in [0.5, 0.6) is 0 Å². The second kappa shape index (κ2) is 5.55. The van der Waals surface area contributed by atoms with E-state index in [4.69, 9.17) is 23.2 Å². The van der Waals surface area contributed by atoms with Crippen LogP contribution in [0.3, 0.4) is 0 Å². The Labute approximate surface area is 127 Å². The van der Waals surface area contributed by atoms with Crippen molar-refractivity contribution in [2.24, 2.45) is 0 Å². The van der Waals surface area contributed by atoms with Gasteiger partial charge in [0.25, 0.3) is 0 Å². The molecule has 2 nitrogen and oxygen atoms in total. The van der Waals surface area contributed by atoms with E-state index in [1.54, 1.807) is 0 Å². The molecule has 102 valence electrons. The lowest BCUT2D eigenvalue weighted by atomic mass is 10.2. The number of hydrogen-bond donors (Lipinski definition) is 0. The van der Waals surface area contributed by atoms with Gasteiger partial charge in [0, 0.05) is 16.3 Å². The SMILES string of the molecule is CSC1CCC(n2c(CCl)nc3cc(Cl)ccc32)C1. The first-order valence-electron chi connectivity index (χ1n) is 6.48. The van der Waals surface area contributed by atoms with Crippen molar-refractivity contribution in [3.63, 3.8) is 0 Å². The van der Waals surface area contributed by atoms with Crippen LogP contribution in [-0.2, 0) is 5.88 Å². The summed E-state index contributed by atoms with van der Waals surface area (Å²) in [5, 5.41) is 1.49. The highest BCUT2D eigenvalue weighted by Gasteiger charge is 2.28. The molecular weight excluding hydrogens is 299 g/mol. The van der Waals surface area contributed by atoms with Crippen LogP contribution < -0.4 is 0 Å². The van der Waals surface area contributed by atoms with Crippen molar-refractivity contribution in [3.05, 3.63) is 29.0 Å². The average Bonchev–Trinajstić information content (AvgIpc) is 3.00. The van der Waals surface area contributed by atoms with Crippen molar-refractivity contribution in [2.45, 2.75) is 36.4 Å². The molecule has 1 aromatic heterocycles. The van der Waals surface area contributed by atoms with Crippen molar-refractivity contribution in [2.75, 3.05) is 6.26 Å². The lowest BCUT2D eigenvalue weighted by Crippen LogP contribution is -2.09. The number of nitrogens with zero attached hydrogens (tertiary/aromatic N) is 2. The summed E-state index contributed by atoms with van der Waals surface area (Å²) in [7, 11) is 0. The van der Waals surface area contributed by atoms with Gasteiger partial charge in [-0.2, -0.15) is 11.8 Å². The van der Waals surface area contributed by atoms with E-state index < -0.39 is 0 Å². The minimum atomic E-state index is 0.451. The number of rotatable bonds is 3. The highest BCUT2D eigenvalue weighted by molar-refractivity contribution is 7.99. The van der Waals surface area contributed by atoms with E-state index >= 15 is 0 Å². The molecule has 2 unspecified atom stereocenters. The molecule has 0 spiro atoms. The number of benzene rings is 1. The van der Waals surface area contributed by atoms with Crippen LogP contribution in [0.15, 0.2) is 18.2 Å². The fraction of sp³-hybridized carbons (Fsp3) is 0.500. The van der Waals surface area contributed by atoms with Gasteiger partial charge in [-0.05, 0) is 43.7 Å². The first kappa shape index (κ1) is 13.6. The molecular formula is C14H16Cl2N2S. The van der Waals surface area contributed by atoms with Gasteiger partial charge >= 0.3 is 0 Å². The van der Waals surface area contributed by atoms with E-state index in [-0.39, 0.29) is 0 Å². The van der Waals surface area contributed by atoms with Gasteiger partial charge in [0.15, 0.2) is 0 Å². The summed E-state index contributed by atoms with van der Waals surface area (Å²) in [5.41, 5.74) is 2.11. The number of alkyl halides is 1. The van der Waals surface area contributed by atoms with Crippen LogP contribution in [-0.4, -0.2) is 21.1 Å². The highest BCUT2D eigenvalue weighted by Crippen LogP contribution is 2.39. The molecule has 1 fully saturated rings. The Morgan fingerprint density at radius 1 is 1.42 bits per heavy atom. The number of aromatic nitrogens is 2. The molecule has 2 aromatic rings. The maximum absolute atomic E-state index is 6.07. The van der Waals surface area contributed by atoms with Crippen molar-refractivity contribution < 1.29 is 0 Å². The first-order valence-corrected chi connectivity index (χ1v) is 8.68. The Hall–Kier alpha value is -0.380. The third kappa shape index (κ3) is 2.48. The summed E-state index contributed by atoms with van der Waals surface area (Å²) < 4.78 is 2.33. The minimum absolute atomic E-state index is 0.451. The van der Waals surface area contributed by atoms with Gasteiger partial charge in [-0.25, -0.2) is 4.98 Å². The van der Waals surface area contributed by atoms with E-state index in [9.17, 15) is 0 Å². The van der Waals surface area contributed by atoms with Gasteiger partial charge in [-0.1, -0.05) is 11.6 Å². The number of fused-ring (bicyclic) bond motifs is 1. The molecule has 3 rings (SSSR count). The molecule has 0 radical (unpaired) electrons. The Morgan fingerprint density at radius 2 is 2.26 bits per heavy atom. The van der Waals surface area contributed by atoms with Gasteiger partial charge in [0.2, 0.25) is 0 Å². The van der Waals surface area contributed by atoms with Crippen LogP contribution in [0.4, 0.5) is 0 Å². The zero-order valence-electron chi connectivity index (χ0n) is 10.8. The molecule has 0 aliphatic heterocycles. The summed E-state index contributed by atoms with van der Waals surface area (Å²) in [5.74, 6) is 1.41. The van der Waals surface area contributed by atoms with Gasteiger partial charge in [0.1, 0.15) is 5.82 Å². The van der Waals surface area contributed by atoms with Gasteiger partial charge in [-0.15, -0.1) is 11.6 Å². The van der Waals surface area contributed by atoms with E-state index in [0.29, 0.717) is 11.9 Å². The Balaban J connectivity index is 2.06. The summed E-state index contributed by atoms with van der Waals surface area (Å²) in [4.78, 5) is 4.63. The van der Waals surface area contributed by atoms with Crippen molar-refractivity contribution >= 4 is 46.0 Å². The fourth-order valence-electron chi connectivity index (χ4n) is 2.99. The summed E-state index contributed by atoms with van der Waals surface area (Å²) in [6.07, 6.45) is 5.89. The molecule has 0 amide bonds. The zero-order chi connectivity index (χ0) is 13.4. The van der Waals surface area contributed by atoms with Crippen molar-refractivity contribution in [1.29, 1.82) is 0 Å². The van der Waals surface area contributed by atoms with Crippen LogP contribution in [0, 0.1) is 0 Å². The average molecular weight is 315 g/mol. The standard InChI is InChI=1S/C14H16Cl2N2S/c1-19-11-4-3-10(7-11)18-13-5-2-9(16)6-12(13)17-14(18)8-15/h2,5-6,10-11H,3-4,7-8H2,1H3. The minimum Gasteiger partial charge on any atom is -0.324 e. The van der Waals surface area contributed by atoms with Crippen LogP contribution in [0.2, 0.25) is 5.02 Å². The monoisotopic (exact) mass is 314 g/mol. The molecule has 0 saturated heterocycles. The number of hydrogen-bond acceptors (Lipinski definition) is 2. The summed E-state index contributed by atoms with van der Waals surface area (Å²) in [6.45, 7) is 0. The van der Waals surface area contributed by atoms with E-state index in [1.165, 1.54) is 19.3 Å². The van der Waals surface area contributed by atoms with Crippen LogP contribution in [0.25, 0.3) is 11.0 Å². The normalized spacial score (nSPS) is 23.3. The fourth-order valence-corrected chi connectivity index (χ4v) is 4.13. The number of imidazole rings is 1. The molecule has 1 saturated carbocycles. The van der Waals surface area contributed by atoms with Crippen LogP contribution >= 0.6 is 35.0 Å². The number of halogens is 2. The molecule has 19 heavy (non-hydrogen) atoms. The van der Waals surface area contributed by atoms with Crippen molar-refractivity contribution in [1.82, 2.24) is 9.55 Å². The number of thioether (sulfide) groups is 1. The lowest BCUT2D eigenvalue weighted by Gasteiger charge is -2.16. The zero-order valence-corrected chi connectivity index (χ0v) is 13.1. The topological polar surface area (TPSA) is 17.8 Å². The quantitative estimate of drug-likeness (QED) is 0.751. The maximum atomic E-state index is 6.07. The summed E-state index contributed by atoms with van der Waals surface area (Å²) in [6, 6.07) is 6.44. The molecule has 1 aliphatic rings. The first-order chi connectivity index (χ1) is 9.22. The smallest absolute Gasteiger partial charge is 0.125 e. The second-order valence-corrected chi connectivity index (χ2v) is 6.83. The van der Waals surface area contributed by atoms with E-state index in [0.717, 1.165) is 27.1 Å². The molecule has 1 aliphatic carbocycles. The maximum Gasteiger partial charge on any atom is 0.125 e. The molecule has 1 aromatic carbocycles. The third-order valence-electron chi connectivity index (χ3n) is 3.90. The van der Waals surface area contributed by atoms with Gasteiger partial charge in [0.05, 0.1) is 16.9 Å². The largest absolute Gasteiger partial charge is 0.324 e. The van der Waals surface area contributed by atoms with Gasteiger partial charge in [-0.3, -0.25) is 0 Å². The lowest BCUT2D eigenvalue weighted by molar-refractivity contribution is 0.519. The molecule has 2 atom stereocenters. The molecule has 1 heterocycles. The Kier molecular flexibility index (Phi) is 3.97. The highest BCUT2D eigenvalue weighted by atomic mass is 35.5. The van der Waals surface area contributed by atoms with E-state index in [2.05, 4.69) is 21.9 Å². The van der Waals surface area contributed by atoms with Crippen molar-refractivity contribution in [3.8, 4) is 0 Å². The predicted octanol–water partition coefficient (Wildman–Crippen LogP) is 4.89. The molecule has 0 N–H and O–H groups in total. The van der Waals surface area contributed by atoms with Gasteiger partial charge < -0.3 is 4.57 Å². The van der Waals surface area contributed by atoms with E-state index in [1.807, 2.05) is 23.9 Å². The third-order valence-corrected chi connectivity index (χ3v) is 5.47. The van der Waals surface area contributed by atoms with Crippen LogP contribution in [0.1, 0.15) is 31.1 Å². The predicted molar refractivity (Wildman–Crippen MR) is 84.5 cm³/mol. The Morgan fingerprint density at radius 3 is 2.95 bits per heavy atom. The Bertz CT molecular complexity index is 596.